The van der Waals surface area contributed by atoms with E-state index in [0.29, 0.717) is 0 Å². The zero-order chi connectivity index (χ0) is 11.4. The van der Waals surface area contributed by atoms with E-state index >= 15 is 0 Å². The van der Waals surface area contributed by atoms with Gasteiger partial charge in [-0.3, -0.25) is 0 Å². The van der Waals surface area contributed by atoms with E-state index < -0.39 is 17.9 Å². The molecule has 0 aliphatic heterocycles. The number of aliphatic carboxylic acids is 3. The summed E-state index contributed by atoms with van der Waals surface area (Å²) in [5, 5.41) is 33.9. The summed E-state index contributed by atoms with van der Waals surface area (Å²) in [5.74, 6) is -3.86. The van der Waals surface area contributed by atoms with Gasteiger partial charge in [0.25, 0.3) is 0 Å². The maximum Gasteiger partial charge on any atom is 2.00 e. The molecular formula is C6H6FeKNO6. The molecule has 0 aromatic rings. The van der Waals surface area contributed by atoms with Gasteiger partial charge in [-0.15, -0.1) is 0 Å². The predicted octanol–water partition coefficient (Wildman–Crippen LogP) is -7.23. The van der Waals surface area contributed by atoms with Gasteiger partial charge in [0.15, 0.2) is 0 Å². The number of nitriles is 1. The summed E-state index contributed by atoms with van der Waals surface area (Å²) in [7, 11) is 0. The van der Waals surface area contributed by atoms with Crippen LogP contribution < -0.4 is 66.7 Å². The third-order valence-corrected chi connectivity index (χ3v) is 0.0913. The van der Waals surface area contributed by atoms with Crippen molar-refractivity contribution in [1.82, 2.24) is 0 Å². The van der Waals surface area contributed by atoms with Crippen LogP contribution in [-0.2, 0) is 31.5 Å². The number of carbonyl (C=O) groups excluding carboxylic acids is 3. The average molecular weight is 283 g/mol. The van der Waals surface area contributed by atoms with E-state index in [4.69, 9.17) is 35.0 Å². The van der Waals surface area contributed by atoms with Gasteiger partial charge in [-0.25, -0.2) is 0 Å². The van der Waals surface area contributed by atoms with Gasteiger partial charge in [-0.05, 0) is 13.8 Å². The molecule has 0 radical (unpaired) electrons. The molecule has 0 atom stereocenters. The fraction of sp³-hybridized carbons (Fsp3) is 0.333. The summed E-state index contributed by atoms with van der Waals surface area (Å²) in [5.41, 5.74) is 0. The predicted molar refractivity (Wildman–Crippen MR) is 32.0 cm³/mol. The molecule has 80 valence electrons. The van der Waals surface area contributed by atoms with Gasteiger partial charge >= 0.3 is 68.5 Å². The number of rotatable bonds is 0. The normalized spacial score (nSPS) is 5.13. The van der Waals surface area contributed by atoms with Gasteiger partial charge in [-0.1, -0.05) is 0 Å². The Labute approximate surface area is 139 Å². The van der Waals surface area contributed by atoms with Gasteiger partial charge < -0.3 is 29.7 Å². The van der Waals surface area contributed by atoms with E-state index in [-0.39, 0.29) is 68.5 Å². The largest absolute Gasteiger partial charge is 2.00 e. The molecule has 0 saturated heterocycles. The molecule has 0 aliphatic carbocycles. The van der Waals surface area contributed by atoms with Crippen molar-refractivity contribution in [2.24, 2.45) is 0 Å². The summed E-state index contributed by atoms with van der Waals surface area (Å²) in [6.45, 7) is 1.94. The number of carbonyl (C=O) groups is 3. The zero-order valence-electron chi connectivity index (χ0n) is 8.25. The standard InChI is InChI=1S/C2HNO2.2C2H4O2.Fe.K/c3-1-2(4)5;2*1-2(3)4;;/h(H,4,5);2*1H3,(H,3,4);;/q;;;+2;+1/p-3. The van der Waals surface area contributed by atoms with Crippen LogP contribution in [0.15, 0.2) is 0 Å². The minimum absolute atomic E-state index is 0. The van der Waals surface area contributed by atoms with Gasteiger partial charge in [-0.2, -0.15) is 5.26 Å². The first-order chi connectivity index (χ1) is 5.73. The molecule has 0 amide bonds. The molecule has 0 bridgehead atoms. The molecule has 15 heavy (non-hydrogen) atoms. The second kappa shape index (κ2) is 23.7. The number of hydrogen-bond donors (Lipinski definition) is 0. The van der Waals surface area contributed by atoms with Crippen molar-refractivity contribution in [3.63, 3.8) is 0 Å². The van der Waals surface area contributed by atoms with Crippen LogP contribution >= 0.6 is 0 Å². The fourth-order valence-corrected chi connectivity index (χ4v) is 0. The summed E-state index contributed by atoms with van der Waals surface area (Å²) in [4.78, 5) is 26.7. The summed E-state index contributed by atoms with van der Waals surface area (Å²) in [6, 6.07) is 0.833. The number of hydrogen-bond acceptors (Lipinski definition) is 7. The minimum atomic E-state index is -1.69. The molecule has 0 saturated carbocycles. The Bertz CT molecular complexity index is 206. The van der Waals surface area contributed by atoms with Gasteiger partial charge in [0, 0.05) is 11.9 Å². The molecule has 0 fully saturated rings. The molecule has 0 rings (SSSR count). The maximum atomic E-state index is 8.90. The second-order valence-corrected chi connectivity index (χ2v) is 1.38. The van der Waals surface area contributed by atoms with Crippen LogP contribution in [0.2, 0.25) is 0 Å². The minimum Gasteiger partial charge on any atom is -0.550 e. The monoisotopic (exact) mass is 283 g/mol. The Balaban J connectivity index is -0.0000000315. The van der Waals surface area contributed by atoms with Gasteiger partial charge in [0.05, 0.1) is 0 Å². The Morgan fingerprint density at radius 3 is 1.07 bits per heavy atom. The second-order valence-electron chi connectivity index (χ2n) is 1.38. The molecule has 7 nitrogen and oxygen atoms in total. The van der Waals surface area contributed by atoms with Gasteiger partial charge in [0.2, 0.25) is 0 Å². The first-order valence-corrected chi connectivity index (χ1v) is 2.70. The van der Waals surface area contributed by atoms with Gasteiger partial charge in [0.1, 0.15) is 12.0 Å². The van der Waals surface area contributed by atoms with Crippen LogP contribution in [0.3, 0.4) is 0 Å². The zero-order valence-corrected chi connectivity index (χ0v) is 12.5. The van der Waals surface area contributed by atoms with Crippen molar-refractivity contribution < 1.29 is 98.2 Å². The Kier molecular flexibility index (Phi) is 46.5. The fourth-order valence-electron chi connectivity index (χ4n) is 0. The SMILES string of the molecule is CC(=O)[O-].CC(=O)[O-].N#CC(=O)[O-].[Fe+2].[K+]. The van der Waals surface area contributed by atoms with E-state index in [2.05, 4.69) is 0 Å². The van der Waals surface area contributed by atoms with Crippen LogP contribution in [0, 0.1) is 11.3 Å². The molecule has 0 spiro atoms. The maximum absolute atomic E-state index is 8.90. The molecule has 0 aromatic carbocycles. The Morgan fingerprint density at radius 2 is 1.07 bits per heavy atom. The Morgan fingerprint density at radius 1 is 1.00 bits per heavy atom. The number of carboxylic acids is 3. The van der Waals surface area contributed by atoms with E-state index in [0.717, 1.165) is 19.9 Å². The number of carboxylic acid groups (broad SMARTS) is 3. The molecule has 9 heteroatoms. The number of nitrogens with zero attached hydrogens (tertiary/aromatic N) is 1. The van der Waals surface area contributed by atoms with Crippen molar-refractivity contribution >= 4 is 17.9 Å². The van der Waals surface area contributed by atoms with E-state index in [1.807, 2.05) is 0 Å². The van der Waals surface area contributed by atoms with Crippen molar-refractivity contribution in [3.05, 3.63) is 0 Å². The van der Waals surface area contributed by atoms with Crippen LogP contribution in [-0.4, -0.2) is 17.9 Å². The molecule has 0 aromatic heterocycles. The van der Waals surface area contributed by atoms with Crippen molar-refractivity contribution in [2.45, 2.75) is 13.8 Å². The third kappa shape index (κ3) is 483. The first-order valence-electron chi connectivity index (χ1n) is 2.70. The van der Waals surface area contributed by atoms with Crippen molar-refractivity contribution in [1.29, 1.82) is 5.26 Å². The Hall–Kier alpha value is 0.0558. The average Bonchev–Trinajstić information content (AvgIpc) is 1.84. The molecule has 0 aliphatic rings. The van der Waals surface area contributed by atoms with Crippen molar-refractivity contribution in [3.8, 4) is 6.07 Å². The third-order valence-electron chi connectivity index (χ3n) is 0.0913. The van der Waals surface area contributed by atoms with Crippen LogP contribution in [0.1, 0.15) is 13.8 Å². The molecular weight excluding hydrogens is 277 g/mol. The topological polar surface area (TPSA) is 144 Å². The molecule has 0 N–H and O–H groups in total. The van der Waals surface area contributed by atoms with E-state index in [1.54, 1.807) is 0 Å². The smallest absolute Gasteiger partial charge is 0.550 e. The van der Waals surface area contributed by atoms with Crippen LogP contribution in [0.5, 0.6) is 0 Å². The molecule has 0 unspecified atom stereocenters. The summed E-state index contributed by atoms with van der Waals surface area (Å²) >= 11 is 0. The quantitative estimate of drug-likeness (QED) is 0.317. The summed E-state index contributed by atoms with van der Waals surface area (Å²) < 4.78 is 0. The van der Waals surface area contributed by atoms with Crippen LogP contribution in [0.25, 0.3) is 0 Å². The van der Waals surface area contributed by atoms with Crippen LogP contribution in [0.4, 0.5) is 0 Å². The molecule has 0 heterocycles. The first kappa shape index (κ1) is 29.4. The van der Waals surface area contributed by atoms with E-state index in [1.165, 1.54) is 0 Å². The summed E-state index contributed by atoms with van der Waals surface area (Å²) in [6.07, 6.45) is 0. The van der Waals surface area contributed by atoms with E-state index in [9.17, 15) is 0 Å². The van der Waals surface area contributed by atoms with Crippen molar-refractivity contribution in [2.75, 3.05) is 0 Å².